The molecule has 1 aromatic carbocycles. The number of fused-ring (bicyclic) bond motifs is 1. The second-order valence-electron chi connectivity index (χ2n) is 5.87. The summed E-state index contributed by atoms with van der Waals surface area (Å²) < 4.78 is 16.5. The van der Waals surface area contributed by atoms with Gasteiger partial charge in [0.05, 0.1) is 21.3 Å². The first kappa shape index (κ1) is 16.9. The van der Waals surface area contributed by atoms with Gasteiger partial charge in [0.2, 0.25) is 5.75 Å². The average molecular weight is 339 g/mol. The Kier molecular flexibility index (Phi) is 4.66. The number of aromatic nitrogens is 1. The Bertz CT molecular complexity index is 856. The van der Waals surface area contributed by atoms with Gasteiger partial charge in [-0.25, -0.2) is 4.98 Å². The summed E-state index contributed by atoms with van der Waals surface area (Å²) in [6, 6.07) is 5.90. The molecule has 0 unspecified atom stereocenters. The lowest BCUT2D eigenvalue weighted by Crippen LogP contribution is -2.12. The quantitative estimate of drug-likeness (QED) is 0.920. The molecule has 6 heteroatoms. The Balaban J connectivity index is 2.37. The van der Waals surface area contributed by atoms with Gasteiger partial charge in [0, 0.05) is 16.8 Å². The van der Waals surface area contributed by atoms with Crippen molar-refractivity contribution in [1.82, 2.24) is 4.98 Å². The summed E-state index contributed by atoms with van der Waals surface area (Å²) in [4.78, 5) is 4.46. The van der Waals surface area contributed by atoms with Crippen LogP contribution in [0.4, 0.5) is 5.82 Å². The molecule has 1 aromatic heterocycles. The molecule has 1 aliphatic rings. The number of pyridine rings is 1. The Hall–Kier alpha value is -2.94. The molecule has 25 heavy (non-hydrogen) atoms. The predicted octanol–water partition coefficient (Wildman–Crippen LogP) is 3.11. The number of benzene rings is 1. The zero-order chi connectivity index (χ0) is 18.0. The highest BCUT2D eigenvalue weighted by Crippen LogP contribution is 2.47. The number of methoxy groups -OCH3 is 3. The molecule has 0 bridgehead atoms. The fourth-order valence-electron chi connectivity index (χ4n) is 3.47. The van der Waals surface area contributed by atoms with Crippen LogP contribution >= 0.6 is 0 Å². The molecule has 1 aliphatic carbocycles. The van der Waals surface area contributed by atoms with Gasteiger partial charge in [-0.15, -0.1) is 0 Å². The van der Waals surface area contributed by atoms with E-state index >= 15 is 0 Å². The molecule has 2 N–H and O–H groups in total. The summed E-state index contributed by atoms with van der Waals surface area (Å²) in [7, 11) is 4.71. The van der Waals surface area contributed by atoms with Crippen molar-refractivity contribution >= 4 is 5.82 Å². The van der Waals surface area contributed by atoms with Crippen molar-refractivity contribution < 1.29 is 14.2 Å². The molecule has 2 aromatic rings. The average Bonchev–Trinajstić information content (AvgIpc) is 2.65. The SMILES string of the molecule is COc1ccc(-c2c(C#N)c(N)nc3c2CCCC3)c(OC)c1OC. The maximum Gasteiger partial charge on any atom is 0.203 e. The van der Waals surface area contributed by atoms with Gasteiger partial charge in [-0.3, -0.25) is 0 Å². The number of nitrogen functional groups attached to an aromatic ring is 1. The first-order valence-corrected chi connectivity index (χ1v) is 8.16. The summed E-state index contributed by atoms with van der Waals surface area (Å²) >= 11 is 0. The van der Waals surface area contributed by atoms with Crippen LogP contribution in [0, 0.1) is 11.3 Å². The number of nitrogens with zero attached hydrogens (tertiary/aromatic N) is 2. The minimum Gasteiger partial charge on any atom is -0.493 e. The van der Waals surface area contributed by atoms with E-state index in [0.29, 0.717) is 22.8 Å². The van der Waals surface area contributed by atoms with Crippen molar-refractivity contribution in [3.63, 3.8) is 0 Å². The van der Waals surface area contributed by atoms with Gasteiger partial charge in [0.1, 0.15) is 17.5 Å². The summed E-state index contributed by atoms with van der Waals surface area (Å²) in [5.74, 6) is 1.84. The molecular weight excluding hydrogens is 318 g/mol. The van der Waals surface area contributed by atoms with Crippen LogP contribution in [0.2, 0.25) is 0 Å². The van der Waals surface area contributed by atoms with Gasteiger partial charge < -0.3 is 19.9 Å². The van der Waals surface area contributed by atoms with E-state index in [4.69, 9.17) is 19.9 Å². The van der Waals surface area contributed by atoms with Crippen LogP contribution in [-0.4, -0.2) is 26.3 Å². The highest BCUT2D eigenvalue weighted by Gasteiger charge is 2.26. The fourth-order valence-corrected chi connectivity index (χ4v) is 3.47. The predicted molar refractivity (Wildman–Crippen MR) is 95.1 cm³/mol. The van der Waals surface area contributed by atoms with Gasteiger partial charge in [-0.05, 0) is 43.4 Å². The number of anilines is 1. The summed E-state index contributed by atoms with van der Waals surface area (Å²) in [5, 5.41) is 9.69. The zero-order valence-corrected chi connectivity index (χ0v) is 14.7. The van der Waals surface area contributed by atoms with Gasteiger partial charge in [0.25, 0.3) is 0 Å². The molecule has 3 rings (SSSR count). The van der Waals surface area contributed by atoms with E-state index in [0.717, 1.165) is 48.1 Å². The normalized spacial score (nSPS) is 12.9. The lowest BCUT2D eigenvalue weighted by atomic mass is 9.86. The molecule has 0 saturated heterocycles. The number of nitriles is 1. The molecule has 6 nitrogen and oxygen atoms in total. The van der Waals surface area contributed by atoms with Crippen LogP contribution in [0.3, 0.4) is 0 Å². The standard InChI is InChI=1S/C19H21N3O3/c1-23-15-9-8-12(17(24-2)18(15)25-3)16-11-6-4-5-7-14(11)22-19(21)13(16)10-20/h8-9H,4-7H2,1-3H3,(H2,21,22). The molecule has 0 amide bonds. The van der Waals surface area contributed by atoms with Gasteiger partial charge in [-0.2, -0.15) is 5.26 Å². The lowest BCUT2D eigenvalue weighted by molar-refractivity contribution is 0.325. The first-order chi connectivity index (χ1) is 12.2. The van der Waals surface area contributed by atoms with Gasteiger partial charge in [-0.1, -0.05) is 0 Å². The van der Waals surface area contributed by atoms with E-state index in [-0.39, 0.29) is 5.82 Å². The van der Waals surface area contributed by atoms with Crippen molar-refractivity contribution in [3.05, 3.63) is 29.0 Å². The number of hydrogen-bond donors (Lipinski definition) is 1. The molecule has 130 valence electrons. The monoisotopic (exact) mass is 339 g/mol. The van der Waals surface area contributed by atoms with Crippen LogP contribution in [0.25, 0.3) is 11.1 Å². The number of rotatable bonds is 4. The molecule has 0 aliphatic heterocycles. The molecule has 0 atom stereocenters. The number of ether oxygens (including phenoxy) is 3. The smallest absolute Gasteiger partial charge is 0.203 e. The zero-order valence-electron chi connectivity index (χ0n) is 14.7. The number of nitrogens with two attached hydrogens (primary N) is 1. The van der Waals surface area contributed by atoms with Gasteiger partial charge in [0.15, 0.2) is 11.5 Å². The third-order valence-corrected chi connectivity index (χ3v) is 4.59. The number of aryl methyl sites for hydroxylation is 1. The van der Waals surface area contributed by atoms with Crippen molar-refractivity contribution in [2.45, 2.75) is 25.7 Å². The van der Waals surface area contributed by atoms with Gasteiger partial charge >= 0.3 is 0 Å². The highest BCUT2D eigenvalue weighted by atomic mass is 16.5. The van der Waals surface area contributed by atoms with Crippen LogP contribution in [0.1, 0.15) is 29.7 Å². The van der Waals surface area contributed by atoms with E-state index in [2.05, 4.69) is 11.1 Å². The highest BCUT2D eigenvalue weighted by molar-refractivity contribution is 5.85. The fraction of sp³-hybridized carbons (Fsp3) is 0.368. The maximum atomic E-state index is 9.69. The maximum absolute atomic E-state index is 9.69. The summed E-state index contributed by atoms with van der Waals surface area (Å²) in [6.45, 7) is 0. The second kappa shape index (κ2) is 6.89. The Morgan fingerprint density at radius 3 is 2.40 bits per heavy atom. The van der Waals surface area contributed by atoms with Crippen molar-refractivity contribution in [3.8, 4) is 34.4 Å². The van der Waals surface area contributed by atoms with Crippen molar-refractivity contribution in [2.24, 2.45) is 0 Å². The first-order valence-electron chi connectivity index (χ1n) is 8.16. The molecule has 0 fully saturated rings. The largest absolute Gasteiger partial charge is 0.493 e. The van der Waals surface area contributed by atoms with E-state index in [1.807, 2.05) is 12.1 Å². The van der Waals surface area contributed by atoms with E-state index < -0.39 is 0 Å². The van der Waals surface area contributed by atoms with E-state index in [1.165, 1.54) is 0 Å². The van der Waals surface area contributed by atoms with Crippen molar-refractivity contribution in [2.75, 3.05) is 27.1 Å². The Morgan fingerprint density at radius 1 is 1.04 bits per heavy atom. The Morgan fingerprint density at radius 2 is 1.76 bits per heavy atom. The van der Waals surface area contributed by atoms with Crippen LogP contribution in [-0.2, 0) is 12.8 Å². The Labute approximate surface area is 147 Å². The molecule has 0 radical (unpaired) electrons. The topological polar surface area (TPSA) is 90.4 Å². The molecular formula is C19H21N3O3. The molecule has 0 saturated carbocycles. The minimum atomic E-state index is 0.259. The van der Waals surface area contributed by atoms with E-state index in [1.54, 1.807) is 21.3 Å². The lowest BCUT2D eigenvalue weighted by Gasteiger charge is -2.23. The third-order valence-electron chi connectivity index (χ3n) is 4.59. The minimum absolute atomic E-state index is 0.259. The van der Waals surface area contributed by atoms with E-state index in [9.17, 15) is 5.26 Å². The summed E-state index contributed by atoms with van der Waals surface area (Å²) in [6.07, 6.45) is 3.87. The van der Waals surface area contributed by atoms with Crippen LogP contribution in [0.5, 0.6) is 17.2 Å². The van der Waals surface area contributed by atoms with Crippen LogP contribution < -0.4 is 19.9 Å². The summed E-state index contributed by atoms with van der Waals surface area (Å²) in [5.41, 5.74) is 10.1. The molecule has 1 heterocycles. The third kappa shape index (κ3) is 2.72. The second-order valence-corrected chi connectivity index (χ2v) is 5.87. The number of hydrogen-bond acceptors (Lipinski definition) is 6. The van der Waals surface area contributed by atoms with Crippen molar-refractivity contribution in [1.29, 1.82) is 5.26 Å². The van der Waals surface area contributed by atoms with Crippen LogP contribution in [0.15, 0.2) is 12.1 Å². The molecule has 0 spiro atoms.